The monoisotopic (exact) mass is 216 g/mol. The van der Waals surface area contributed by atoms with Crippen molar-refractivity contribution in [1.29, 1.82) is 0 Å². The summed E-state index contributed by atoms with van der Waals surface area (Å²) in [7, 11) is 0. The molecule has 1 fully saturated rings. The third kappa shape index (κ3) is 2.71. The molecule has 0 aromatic carbocycles. The third-order valence-electron chi connectivity index (χ3n) is 4.32. The van der Waals surface area contributed by atoms with Crippen LogP contribution >= 0.6 is 0 Å². The molecule has 0 aromatic rings. The summed E-state index contributed by atoms with van der Waals surface area (Å²) in [5.74, 6) is 0. The molecule has 3 N–H and O–H groups in total. The molecule has 0 radical (unpaired) electrons. The van der Waals surface area contributed by atoms with Gasteiger partial charge in [0.15, 0.2) is 0 Å². The summed E-state index contributed by atoms with van der Waals surface area (Å²) in [6.45, 7) is 6.28. The molecule has 0 unspecified atom stereocenters. The average Bonchev–Trinajstić information content (AvgIpc) is 2.12. The summed E-state index contributed by atoms with van der Waals surface area (Å²) in [6, 6.07) is 0. The fourth-order valence-electron chi connectivity index (χ4n) is 2.67. The van der Waals surface area contributed by atoms with Gasteiger partial charge in [0.25, 0.3) is 0 Å². The van der Waals surface area contributed by atoms with Gasteiger partial charge in [0.05, 0.1) is 18.8 Å². The molecule has 0 aliphatic heterocycles. The molecule has 0 aromatic heterocycles. The molecule has 3 atom stereocenters. The van der Waals surface area contributed by atoms with Crippen molar-refractivity contribution < 1.29 is 15.3 Å². The van der Waals surface area contributed by atoms with Crippen LogP contribution < -0.4 is 0 Å². The van der Waals surface area contributed by atoms with Crippen molar-refractivity contribution in [2.75, 3.05) is 6.61 Å². The fourth-order valence-corrected chi connectivity index (χ4v) is 2.67. The van der Waals surface area contributed by atoms with Gasteiger partial charge in [-0.3, -0.25) is 0 Å². The Morgan fingerprint density at radius 2 is 1.93 bits per heavy atom. The normalized spacial score (nSPS) is 37.6. The Bertz CT molecular complexity index is 215. The smallest absolute Gasteiger partial charge is 0.0776 e. The fraction of sp³-hybridized carbons (Fsp3) is 1.00. The van der Waals surface area contributed by atoms with Gasteiger partial charge in [-0.1, -0.05) is 20.8 Å². The second kappa shape index (κ2) is 4.40. The van der Waals surface area contributed by atoms with E-state index in [4.69, 9.17) is 5.11 Å². The molecule has 0 bridgehead atoms. The van der Waals surface area contributed by atoms with Crippen LogP contribution in [0.5, 0.6) is 0 Å². The Balaban J connectivity index is 2.76. The Hall–Kier alpha value is -0.120. The molecule has 90 valence electrons. The lowest BCUT2D eigenvalue weighted by Gasteiger charge is -2.50. The minimum absolute atomic E-state index is 0.0905. The first kappa shape index (κ1) is 12.9. The van der Waals surface area contributed by atoms with Gasteiger partial charge in [-0.05, 0) is 36.5 Å². The molecule has 1 saturated carbocycles. The van der Waals surface area contributed by atoms with Crippen molar-refractivity contribution in [2.45, 2.75) is 58.7 Å². The number of hydrogen-bond donors (Lipinski definition) is 3. The second-order valence-corrected chi connectivity index (χ2v) is 5.88. The van der Waals surface area contributed by atoms with Gasteiger partial charge in [0.1, 0.15) is 0 Å². The van der Waals surface area contributed by atoms with Gasteiger partial charge in [0, 0.05) is 0 Å². The van der Waals surface area contributed by atoms with E-state index in [9.17, 15) is 10.2 Å². The molecule has 0 spiro atoms. The van der Waals surface area contributed by atoms with Crippen LogP contribution in [0.3, 0.4) is 0 Å². The Morgan fingerprint density at radius 3 is 2.47 bits per heavy atom. The minimum Gasteiger partial charge on any atom is -0.394 e. The van der Waals surface area contributed by atoms with E-state index in [0.29, 0.717) is 6.42 Å². The van der Waals surface area contributed by atoms with E-state index in [-0.39, 0.29) is 23.5 Å². The molecular weight excluding hydrogens is 192 g/mol. The van der Waals surface area contributed by atoms with Gasteiger partial charge in [-0.15, -0.1) is 0 Å². The zero-order valence-corrected chi connectivity index (χ0v) is 10.0. The summed E-state index contributed by atoms with van der Waals surface area (Å²) < 4.78 is 0. The highest BCUT2D eigenvalue weighted by Crippen LogP contribution is 2.52. The summed E-state index contributed by atoms with van der Waals surface area (Å²) in [5.41, 5.74) is 0.0230. The van der Waals surface area contributed by atoms with Crippen LogP contribution in [0.1, 0.15) is 46.5 Å². The second-order valence-electron chi connectivity index (χ2n) is 5.88. The van der Waals surface area contributed by atoms with Crippen LogP contribution in [0.4, 0.5) is 0 Å². The first-order chi connectivity index (χ1) is 6.81. The van der Waals surface area contributed by atoms with Crippen molar-refractivity contribution in [3.05, 3.63) is 0 Å². The summed E-state index contributed by atoms with van der Waals surface area (Å²) in [5, 5.41) is 28.2. The molecule has 0 heterocycles. The van der Waals surface area contributed by atoms with Crippen molar-refractivity contribution in [2.24, 2.45) is 10.8 Å². The van der Waals surface area contributed by atoms with Crippen molar-refractivity contribution in [3.8, 4) is 0 Å². The van der Waals surface area contributed by atoms with Gasteiger partial charge in [-0.25, -0.2) is 0 Å². The highest BCUT2D eigenvalue weighted by Gasteiger charge is 2.46. The summed E-state index contributed by atoms with van der Waals surface area (Å²) in [4.78, 5) is 0. The SMILES string of the molecule is CC1(C)CC[C@H](O)C[C@]1(C)C[C@H](O)CO. The van der Waals surface area contributed by atoms with Crippen LogP contribution in [0.25, 0.3) is 0 Å². The molecule has 15 heavy (non-hydrogen) atoms. The van der Waals surface area contributed by atoms with E-state index in [1.54, 1.807) is 0 Å². The molecular formula is C12H24O3. The van der Waals surface area contributed by atoms with E-state index in [1.165, 1.54) is 0 Å². The largest absolute Gasteiger partial charge is 0.394 e. The number of aliphatic hydroxyl groups excluding tert-OH is 3. The van der Waals surface area contributed by atoms with Crippen molar-refractivity contribution >= 4 is 0 Å². The quantitative estimate of drug-likeness (QED) is 0.666. The first-order valence-corrected chi connectivity index (χ1v) is 5.78. The molecule has 3 heteroatoms. The first-order valence-electron chi connectivity index (χ1n) is 5.78. The molecule has 1 aliphatic rings. The van der Waals surface area contributed by atoms with E-state index >= 15 is 0 Å². The summed E-state index contributed by atoms with van der Waals surface area (Å²) >= 11 is 0. The zero-order valence-electron chi connectivity index (χ0n) is 10.0. The standard InChI is InChI=1S/C12H24O3/c1-11(2)5-4-9(14)6-12(11,3)7-10(15)8-13/h9-10,13-15H,4-8H2,1-3H3/t9-,10-,12+/m0/s1. The number of aliphatic hydroxyl groups is 3. The van der Waals surface area contributed by atoms with Crippen LogP contribution in [0.15, 0.2) is 0 Å². The maximum absolute atomic E-state index is 9.72. The van der Waals surface area contributed by atoms with Crippen LogP contribution in [0.2, 0.25) is 0 Å². The van der Waals surface area contributed by atoms with E-state index in [0.717, 1.165) is 19.3 Å². The minimum atomic E-state index is -0.667. The van der Waals surface area contributed by atoms with Gasteiger partial charge in [-0.2, -0.15) is 0 Å². The Labute approximate surface area is 92.1 Å². The molecule has 1 aliphatic carbocycles. The van der Waals surface area contributed by atoms with Crippen molar-refractivity contribution in [1.82, 2.24) is 0 Å². The van der Waals surface area contributed by atoms with Crippen LogP contribution in [0, 0.1) is 10.8 Å². The van der Waals surface area contributed by atoms with Crippen LogP contribution in [-0.2, 0) is 0 Å². The lowest BCUT2D eigenvalue weighted by molar-refractivity contribution is -0.0706. The predicted octanol–water partition coefficient (Wildman–Crippen LogP) is 1.31. The van der Waals surface area contributed by atoms with E-state index in [1.807, 2.05) is 0 Å². The third-order valence-corrected chi connectivity index (χ3v) is 4.32. The Kier molecular flexibility index (Phi) is 3.80. The topological polar surface area (TPSA) is 60.7 Å². The molecule has 0 amide bonds. The van der Waals surface area contributed by atoms with Crippen molar-refractivity contribution in [3.63, 3.8) is 0 Å². The lowest BCUT2D eigenvalue weighted by Crippen LogP contribution is -2.45. The number of rotatable bonds is 3. The highest BCUT2D eigenvalue weighted by atomic mass is 16.3. The average molecular weight is 216 g/mol. The lowest BCUT2D eigenvalue weighted by atomic mass is 9.56. The Morgan fingerprint density at radius 1 is 1.33 bits per heavy atom. The molecule has 1 rings (SSSR count). The van der Waals surface area contributed by atoms with Crippen LogP contribution in [-0.4, -0.2) is 34.1 Å². The van der Waals surface area contributed by atoms with Gasteiger partial charge in [0.2, 0.25) is 0 Å². The predicted molar refractivity (Wildman–Crippen MR) is 59.5 cm³/mol. The summed E-state index contributed by atoms with van der Waals surface area (Å²) in [6.07, 6.45) is 2.18. The van der Waals surface area contributed by atoms with E-state index < -0.39 is 6.10 Å². The maximum atomic E-state index is 9.72. The number of hydrogen-bond acceptors (Lipinski definition) is 3. The van der Waals surface area contributed by atoms with Gasteiger partial charge < -0.3 is 15.3 Å². The maximum Gasteiger partial charge on any atom is 0.0776 e. The highest BCUT2D eigenvalue weighted by molar-refractivity contribution is 4.96. The molecule has 3 nitrogen and oxygen atoms in total. The van der Waals surface area contributed by atoms with E-state index in [2.05, 4.69) is 20.8 Å². The molecule has 0 saturated heterocycles. The van der Waals surface area contributed by atoms with Gasteiger partial charge >= 0.3 is 0 Å². The zero-order chi connectivity index (χ0) is 11.7.